The van der Waals surface area contributed by atoms with Gasteiger partial charge in [-0.25, -0.2) is 0 Å². The largest absolute Gasteiger partial charge is 0.376 e. The predicted octanol–water partition coefficient (Wildman–Crippen LogP) is 2.91. The van der Waals surface area contributed by atoms with Gasteiger partial charge in [0.05, 0.1) is 18.4 Å². The van der Waals surface area contributed by atoms with Crippen molar-refractivity contribution in [2.75, 3.05) is 18.5 Å². The normalized spacial score (nSPS) is 18.5. The SMILES string of the molecule is Cc1ccccc1-c1cc(NC(=O)[C@H](C)OC[C@@H]2CCCO2)n[nH]1. The second kappa shape index (κ2) is 7.59. The molecule has 2 aromatic rings. The van der Waals surface area contributed by atoms with Crippen LogP contribution in [0.3, 0.4) is 0 Å². The fourth-order valence-corrected chi connectivity index (χ4v) is 2.73. The summed E-state index contributed by atoms with van der Waals surface area (Å²) >= 11 is 0. The highest BCUT2D eigenvalue weighted by Gasteiger charge is 2.20. The van der Waals surface area contributed by atoms with E-state index in [0.29, 0.717) is 12.4 Å². The molecule has 0 spiro atoms. The summed E-state index contributed by atoms with van der Waals surface area (Å²) in [6, 6.07) is 9.84. The Kier molecular flexibility index (Phi) is 5.27. The maximum Gasteiger partial charge on any atom is 0.254 e. The molecule has 1 amide bonds. The van der Waals surface area contributed by atoms with Gasteiger partial charge in [-0.3, -0.25) is 9.89 Å². The van der Waals surface area contributed by atoms with Crippen molar-refractivity contribution >= 4 is 11.7 Å². The van der Waals surface area contributed by atoms with Crippen LogP contribution in [0.5, 0.6) is 0 Å². The van der Waals surface area contributed by atoms with E-state index in [1.807, 2.05) is 37.3 Å². The van der Waals surface area contributed by atoms with Crippen molar-refractivity contribution in [2.24, 2.45) is 0 Å². The van der Waals surface area contributed by atoms with Crippen molar-refractivity contribution in [3.8, 4) is 11.3 Å². The van der Waals surface area contributed by atoms with Crippen LogP contribution in [-0.2, 0) is 14.3 Å². The van der Waals surface area contributed by atoms with E-state index in [0.717, 1.165) is 36.3 Å². The number of carbonyl (C=O) groups is 1. The number of aromatic amines is 1. The summed E-state index contributed by atoms with van der Waals surface area (Å²) in [6.07, 6.45) is 1.61. The Balaban J connectivity index is 1.55. The molecule has 128 valence electrons. The summed E-state index contributed by atoms with van der Waals surface area (Å²) < 4.78 is 11.1. The van der Waals surface area contributed by atoms with Crippen LogP contribution in [0, 0.1) is 6.92 Å². The van der Waals surface area contributed by atoms with E-state index in [2.05, 4.69) is 15.5 Å². The zero-order valence-corrected chi connectivity index (χ0v) is 14.0. The number of H-pyrrole nitrogens is 1. The van der Waals surface area contributed by atoms with E-state index in [1.54, 1.807) is 6.92 Å². The van der Waals surface area contributed by atoms with Crippen molar-refractivity contribution < 1.29 is 14.3 Å². The Labute approximate surface area is 141 Å². The Hall–Kier alpha value is -2.18. The van der Waals surface area contributed by atoms with Crippen molar-refractivity contribution in [3.63, 3.8) is 0 Å². The van der Waals surface area contributed by atoms with E-state index in [9.17, 15) is 4.79 Å². The number of carbonyl (C=O) groups excluding carboxylic acids is 1. The Morgan fingerprint density at radius 2 is 2.33 bits per heavy atom. The molecule has 1 aliphatic rings. The number of rotatable bonds is 6. The topological polar surface area (TPSA) is 76.2 Å². The summed E-state index contributed by atoms with van der Waals surface area (Å²) in [5.41, 5.74) is 3.08. The van der Waals surface area contributed by atoms with Crippen LogP contribution in [-0.4, -0.2) is 41.5 Å². The minimum atomic E-state index is -0.548. The number of aromatic nitrogens is 2. The molecule has 0 radical (unpaired) electrons. The molecule has 1 saturated heterocycles. The molecule has 0 bridgehead atoms. The van der Waals surface area contributed by atoms with Gasteiger partial charge in [0, 0.05) is 18.2 Å². The molecule has 1 aromatic carbocycles. The molecule has 6 heteroatoms. The van der Waals surface area contributed by atoms with Crippen LogP contribution in [0.1, 0.15) is 25.3 Å². The molecule has 0 aliphatic carbocycles. The van der Waals surface area contributed by atoms with Gasteiger partial charge in [0.25, 0.3) is 5.91 Å². The summed E-state index contributed by atoms with van der Waals surface area (Å²) in [7, 11) is 0. The number of ether oxygens (including phenoxy) is 2. The maximum absolute atomic E-state index is 12.2. The van der Waals surface area contributed by atoms with Gasteiger partial charge >= 0.3 is 0 Å². The van der Waals surface area contributed by atoms with E-state index >= 15 is 0 Å². The summed E-state index contributed by atoms with van der Waals surface area (Å²) in [6.45, 7) is 5.00. The van der Waals surface area contributed by atoms with Gasteiger partial charge in [-0.1, -0.05) is 24.3 Å². The smallest absolute Gasteiger partial charge is 0.254 e. The van der Waals surface area contributed by atoms with Gasteiger partial charge in [0.15, 0.2) is 5.82 Å². The van der Waals surface area contributed by atoms with E-state index in [1.165, 1.54) is 0 Å². The molecule has 6 nitrogen and oxygen atoms in total. The molecule has 0 unspecified atom stereocenters. The first-order chi connectivity index (χ1) is 11.6. The lowest BCUT2D eigenvalue weighted by Gasteiger charge is -2.15. The van der Waals surface area contributed by atoms with E-state index < -0.39 is 6.10 Å². The third-order valence-corrected chi connectivity index (χ3v) is 4.19. The third-order valence-electron chi connectivity index (χ3n) is 4.19. The number of anilines is 1. The number of hydrogen-bond donors (Lipinski definition) is 2. The average molecular weight is 329 g/mol. The minimum Gasteiger partial charge on any atom is -0.376 e. The van der Waals surface area contributed by atoms with Gasteiger partial charge in [-0.2, -0.15) is 5.10 Å². The fraction of sp³-hybridized carbons (Fsp3) is 0.444. The summed E-state index contributed by atoms with van der Waals surface area (Å²) in [5.74, 6) is 0.279. The second-order valence-electron chi connectivity index (χ2n) is 6.08. The highest BCUT2D eigenvalue weighted by atomic mass is 16.5. The van der Waals surface area contributed by atoms with Crippen molar-refractivity contribution in [1.29, 1.82) is 0 Å². The lowest BCUT2D eigenvalue weighted by atomic mass is 10.1. The molecule has 1 fully saturated rings. The molecule has 2 heterocycles. The zero-order chi connectivity index (χ0) is 16.9. The third kappa shape index (κ3) is 4.01. The first-order valence-corrected chi connectivity index (χ1v) is 8.29. The number of nitrogens with one attached hydrogen (secondary N) is 2. The Morgan fingerprint density at radius 3 is 3.08 bits per heavy atom. The predicted molar refractivity (Wildman–Crippen MR) is 91.8 cm³/mol. The van der Waals surface area contributed by atoms with Gasteiger partial charge in [-0.15, -0.1) is 0 Å². The Bertz CT molecular complexity index is 692. The first-order valence-electron chi connectivity index (χ1n) is 8.29. The molecule has 1 aromatic heterocycles. The summed E-state index contributed by atoms with van der Waals surface area (Å²) in [4.78, 5) is 12.2. The number of hydrogen-bond acceptors (Lipinski definition) is 4. The van der Waals surface area contributed by atoms with Gasteiger partial charge in [0.2, 0.25) is 0 Å². The van der Waals surface area contributed by atoms with Crippen LogP contribution in [0.25, 0.3) is 11.3 Å². The van der Waals surface area contributed by atoms with Crippen molar-refractivity contribution in [3.05, 3.63) is 35.9 Å². The van der Waals surface area contributed by atoms with Crippen LogP contribution >= 0.6 is 0 Å². The second-order valence-corrected chi connectivity index (χ2v) is 6.08. The maximum atomic E-state index is 12.2. The molecule has 3 rings (SSSR count). The molecule has 0 saturated carbocycles. The molecule has 1 aliphatic heterocycles. The van der Waals surface area contributed by atoms with Gasteiger partial charge in [0.1, 0.15) is 6.10 Å². The monoisotopic (exact) mass is 329 g/mol. The number of aryl methyl sites for hydroxylation is 1. The van der Waals surface area contributed by atoms with Gasteiger partial charge in [-0.05, 0) is 32.3 Å². The average Bonchev–Trinajstić information content (AvgIpc) is 3.24. The standard InChI is InChI=1S/C18H23N3O3/c1-12-6-3-4-8-15(12)16-10-17(21-20-16)19-18(22)13(2)24-11-14-7-5-9-23-14/h3-4,6,8,10,13-14H,5,7,9,11H2,1-2H3,(H2,19,20,21,22)/t13-,14-/m0/s1. The molecule has 2 atom stereocenters. The fourth-order valence-electron chi connectivity index (χ4n) is 2.73. The zero-order valence-electron chi connectivity index (χ0n) is 14.0. The van der Waals surface area contributed by atoms with Crippen LogP contribution < -0.4 is 5.32 Å². The number of nitrogens with zero attached hydrogens (tertiary/aromatic N) is 1. The lowest BCUT2D eigenvalue weighted by molar-refractivity contribution is -0.128. The van der Waals surface area contributed by atoms with Gasteiger partial charge < -0.3 is 14.8 Å². The molecular formula is C18H23N3O3. The number of benzene rings is 1. The van der Waals surface area contributed by atoms with Crippen molar-refractivity contribution in [2.45, 2.75) is 38.9 Å². The van der Waals surface area contributed by atoms with E-state index in [-0.39, 0.29) is 12.0 Å². The highest BCUT2D eigenvalue weighted by molar-refractivity contribution is 5.93. The first kappa shape index (κ1) is 16.7. The molecule has 24 heavy (non-hydrogen) atoms. The highest BCUT2D eigenvalue weighted by Crippen LogP contribution is 2.23. The summed E-state index contributed by atoms with van der Waals surface area (Å²) in [5, 5.41) is 9.89. The lowest BCUT2D eigenvalue weighted by Crippen LogP contribution is -2.30. The minimum absolute atomic E-state index is 0.110. The van der Waals surface area contributed by atoms with Crippen LogP contribution in [0.2, 0.25) is 0 Å². The van der Waals surface area contributed by atoms with Crippen molar-refractivity contribution in [1.82, 2.24) is 10.2 Å². The molecular weight excluding hydrogens is 306 g/mol. The number of amides is 1. The Morgan fingerprint density at radius 1 is 1.50 bits per heavy atom. The van der Waals surface area contributed by atoms with Crippen LogP contribution in [0.4, 0.5) is 5.82 Å². The quantitative estimate of drug-likeness (QED) is 0.854. The van der Waals surface area contributed by atoms with Crippen LogP contribution in [0.15, 0.2) is 30.3 Å². The molecule has 2 N–H and O–H groups in total. The van der Waals surface area contributed by atoms with E-state index in [4.69, 9.17) is 9.47 Å².